The van der Waals surface area contributed by atoms with Gasteiger partial charge in [-0.3, -0.25) is 4.79 Å². The van der Waals surface area contributed by atoms with Gasteiger partial charge in [0.25, 0.3) is 5.91 Å². The fourth-order valence-electron chi connectivity index (χ4n) is 3.32. The van der Waals surface area contributed by atoms with Crippen molar-refractivity contribution < 1.29 is 9.53 Å². The zero-order valence-electron chi connectivity index (χ0n) is 15.8. The molecule has 0 unspecified atom stereocenters. The van der Waals surface area contributed by atoms with Crippen molar-refractivity contribution in [2.24, 2.45) is 0 Å². The molecule has 2 aromatic carbocycles. The maximum absolute atomic E-state index is 12.9. The third-order valence-corrected chi connectivity index (χ3v) is 4.74. The van der Waals surface area contributed by atoms with Gasteiger partial charge in [0.15, 0.2) is 0 Å². The molecular weight excluding hydrogens is 352 g/mol. The molecule has 0 bridgehead atoms. The van der Waals surface area contributed by atoms with Crippen molar-refractivity contribution in [1.82, 2.24) is 14.9 Å². The number of aromatic nitrogens is 2. The molecule has 3 aromatic rings. The molecule has 6 nitrogen and oxygen atoms in total. The van der Waals surface area contributed by atoms with Crippen molar-refractivity contribution >= 4 is 17.4 Å². The SMILES string of the molecule is CCOc1ccc(Nc2cc(C(=O)N3CCc4ccccc4C3)ncn2)cc1. The first-order valence-corrected chi connectivity index (χ1v) is 9.41. The highest BCUT2D eigenvalue weighted by atomic mass is 16.5. The second-order valence-electron chi connectivity index (χ2n) is 6.62. The molecule has 0 aliphatic carbocycles. The first-order chi connectivity index (χ1) is 13.7. The summed E-state index contributed by atoms with van der Waals surface area (Å²) in [7, 11) is 0. The Balaban J connectivity index is 1.47. The van der Waals surface area contributed by atoms with Crippen LogP contribution in [0.2, 0.25) is 0 Å². The number of benzene rings is 2. The van der Waals surface area contributed by atoms with Crippen LogP contribution in [0.1, 0.15) is 28.5 Å². The van der Waals surface area contributed by atoms with Gasteiger partial charge in [-0.25, -0.2) is 9.97 Å². The summed E-state index contributed by atoms with van der Waals surface area (Å²) in [4.78, 5) is 23.2. The van der Waals surface area contributed by atoms with Crippen LogP contribution in [0.3, 0.4) is 0 Å². The predicted molar refractivity (Wildman–Crippen MR) is 108 cm³/mol. The van der Waals surface area contributed by atoms with Gasteiger partial charge in [-0.1, -0.05) is 24.3 Å². The third-order valence-electron chi connectivity index (χ3n) is 4.74. The minimum atomic E-state index is -0.0772. The second kappa shape index (κ2) is 8.08. The smallest absolute Gasteiger partial charge is 0.272 e. The summed E-state index contributed by atoms with van der Waals surface area (Å²) in [6.45, 7) is 3.89. The van der Waals surface area contributed by atoms with Crippen LogP contribution in [-0.4, -0.2) is 33.9 Å². The van der Waals surface area contributed by atoms with E-state index in [1.165, 1.54) is 17.5 Å². The fourth-order valence-corrected chi connectivity index (χ4v) is 3.32. The van der Waals surface area contributed by atoms with E-state index in [0.717, 1.165) is 17.9 Å². The van der Waals surface area contributed by atoms with E-state index < -0.39 is 0 Å². The highest BCUT2D eigenvalue weighted by Gasteiger charge is 2.22. The minimum absolute atomic E-state index is 0.0772. The van der Waals surface area contributed by atoms with Crippen LogP contribution in [0.15, 0.2) is 60.9 Å². The minimum Gasteiger partial charge on any atom is -0.494 e. The molecule has 4 rings (SSSR count). The van der Waals surface area contributed by atoms with Gasteiger partial charge >= 0.3 is 0 Å². The molecule has 0 spiro atoms. The lowest BCUT2D eigenvalue weighted by molar-refractivity contribution is 0.0728. The summed E-state index contributed by atoms with van der Waals surface area (Å²) in [5.74, 6) is 1.32. The molecule has 0 radical (unpaired) electrons. The van der Waals surface area contributed by atoms with Crippen LogP contribution in [0, 0.1) is 0 Å². The van der Waals surface area contributed by atoms with Crippen molar-refractivity contribution in [3.05, 3.63) is 77.7 Å². The van der Waals surface area contributed by atoms with Crippen LogP contribution in [0.25, 0.3) is 0 Å². The molecule has 28 heavy (non-hydrogen) atoms. The number of fused-ring (bicyclic) bond motifs is 1. The van der Waals surface area contributed by atoms with Gasteiger partial charge < -0.3 is 15.0 Å². The largest absolute Gasteiger partial charge is 0.494 e. The van der Waals surface area contributed by atoms with Gasteiger partial charge in [0, 0.05) is 24.8 Å². The van der Waals surface area contributed by atoms with E-state index in [4.69, 9.17) is 4.74 Å². The maximum Gasteiger partial charge on any atom is 0.272 e. The lowest BCUT2D eigenvalue weighted by Gasteiger charge is -2.28. The van der Waals surface area contributed by atoms with E-state index >= 15 is 0 Å². The van der Waals surface area contributed by atoms with Gasteiger partial charge in [-0.05, 0) is 48.7 Å². The number of hydrogen-bond donors (Lipinski definition) is 1. The van der Waals surface area contributed by atoms with Gasteiger partial charge in [0.1, 0.15) is 23.6 Å². The quantitative estimate of drug-likeness (QED) is 0.735. The average molecular weight is 374 g/mol. The molecule has 1 aromatic heterocycles. The highest BCUT2D eigenvalue weighted by molar-refractivity contribution is 5.93. The van der Waals surface area contributed by atoms with Crippen molar-refractivity contribution in [1.29, 1.82) is 0 Å². The van der Waals surface area contributed by atoms with Crippen LogP contribution in [-0.2, 0) is 13.0 Å². The summed E-state index contributed by atoms with van der Waals surface area (Å²) in [6.07, 6.45) is 2.28. The van der Waals surface area contributed by atoms with Crippen LogP contribution >= 0.6 is 0 Å². The number of carbonyl (C=O) groups excluding carboxylic acids is 1. The van der Waals surface area contributed by atoms with Crippen LogP contribution in [0.4, 0.5) is 11.5 Å². The van der Waals surface area contributed by atoms with Crippen molar-refractivity contribution in [3.8, 4) is 5.75 Å². The second-order valence-corrected chi connectivity index (χ2v) is 6.62. The molecule has 1 aliphatic heterocycles. The van der Waals surface area contributed by atoms with Crippen molar-refractivity contribution in [2.75, 3.05) is 18.5 Å². The van der Waals surface area contributed by atoms with Gasteiger partial charge in [-0.2, -0.15) is 0 Å². The average Bonchev–Trinajstić information content (AvgIpc) is 2.75. The predicted octanol–water partition coefficient (Wildman–Crippen LogP) is 3.82. The summed E-state index contributed by atoms with van der Waals surface area (Å²) < 4.78 is 5.45. The van der Waals surface area contributed by atoms with E-state index in [2.05, 4.69) is 27.4 Å². The van der Waals surface area contributed by atoms with E-state index in [1.807, 2.05) is 48.2 Å². The number of carbonyl (C=O) groups is 1. The van der Waals surface area contributed by atoms with Crippen LogP contribution in [0.5, 0.6) is 5.75 Å². The Kier molecular flexibility index (Phi) is 5.19. The Morgan fingerprint density at radius 3 is 2.68 bits per heavy atom. The Hall–Kier alpha value is -3.41. The Morgan fingerprint density at radius 2 is 1.89 bits per heavy atom. The van der Waals surface area contributed by atoms with Crippen molar-refractivity contribution in [3.63, 3.8) is 0 Å². The molecule has 0 saturated heterocycles. The molecule has 1 N–H and O–H groups in total. The molecule has 2 heterocycles. The third kappa shape index (κ3) is 3.96. The molecular formula is C22H22N4O2. The zero-order chi connectivity index (χ0) is 19.3. The number of anilines is 2. The van der Waals surface area contributed by atoms with E-state index in [1.54, 1.807) is 6.07 Å². The zero-order valence-corrected chi connectivity index (χ0v) is 15.8. The van der Waals surface area contributed by atoms with Gasteiger partial charge in [0.05, 0.1) is 6.61 Å². The first kappa shape index (κ1) is 18.0. The normalized spacial score (nSPS) is 13.0. The summed E-state index contributed by atoms with van der Waals surface area (Å²) in [5, 5.41) is 3.21. The summed E-state index contributed by atoms with van der Waals surface area (Å²) in [5.41, 5.74) is 3.77. The van der Waals surface area contributed by atoms with Gasteiger partial charge in [-0.15, -0.1) is 0 Å². The monoisotopic (exact) mass is 374 g/mol. The summed E-state index contributed by atoms with van der Waals surface area (Å²) in [6, 6.07) is 17.6. The van der Waals surface area contributed by atoms with E-state index in [9.17, 15) is 4.79 Å². The number of nitrogens with one attached hydrogen (secondary N) is 1. The first-order valence-electron chi connectivity index (χ1n) is 9.41. The Labute approximate surface area is 164 Å². The number of ether oxygens (including phenoxy) is 1. The number of hydrogen-bond acceptors (Lipinski definition) is 5. The van der Waals surface area contributed by atoms with Crippen molar-refractivity contribution in [2.45, 2.75) is 19.9 Å². The molecule has 1 aliphatic rings. The molecule has 6 heteroatoms. The Morgan fingerprint density at radius 1 is 1.11 bits per heavy atom. The highest BCUT2D eigenvalue weighted by Crippen LogP contribution is 2.22. The number of nitrogens with zero attached hydrogens (tertiary/aromatic N) is 3. The fraction of sp³-hybridized carbons (Fsp3) is 0.227. The maximum atomic E-state index is 12.9. The van der Waals surface area contributed by atoms with Gasteiger partial charge in [0.2, 0.25) is 0 Å². The summed E-state index contributed by atoms with van der Waals surface area (Å²) >= 11 is 0. The topological polar surface area (TPSA) is 67.3 Å². The van der Waals surface area contributed by atoms with Crippen LogP contribution < -0.4 is 10.1 Å². The molecule has 1 amide bonds. The number of rotatable bonds is 5. The molecule has 0 saturated carbocycles. The molecule has 0 fully saturated rings. The van der Waals surface area contributed by atoms with E-state index in [-0.39, 0.29) is 5.91 Å². The van der Waals surface area contributed by atoms with E-state index in [0.29, 0.717) is 31.2 Å². The molecule has 0 atom stereocenters. The number of amides is 1. The lowest BCUT2D eigenvalue weighted by Crippen LogP contribution is -2.36. The lowest BCUT2D eigenvalue weighted by atomic mass is 10.00. The molecule has 142 valence electrons. The Bertz CT molecular complexity index is 972. The standard InChI is InChI=1S/C22H22N4O2/c1-2-28-19-9-7-18(8-10-19)25-21-13-20(23-15-24-21)22(27)26-12-11-16-5-3-4-6-17(16)14-26/h3-10,13,15H,2,11-12,14H2,1H3,(H,23,24,25).